The van der Waals surface area contributed by atoms with Gasteiger partial charge in [-0.2, -0.15) is 0 Å². The van der Waals surface area contributed by atoms with Crippen LogP contribution in [0.25, 0.3) is 0 Å². The number of benzene rings is 1. The van der Waals surface area contributed by atoms with E-state index < -0.39 is 17.6 Å². The number of rotatable bonds is 8. The second kappa shape index (κ2) is 11.1. The van der Waals surface area contributed by atoms with Gasteiger partial charge in [-0.25, -0.2) is 0 Å². The molecule has 0 aliphatic heterocycles. The van der Waals surface area contributed by atoms with E-state index >= 15 is 0 Å². The zero-order valence-corrected chi connectivity index (χ0v) is 17.5. The van der Waals surface area contributed by atoms with Crippen molar-refractivity contribution in [2.24, 2.45) is 0 Å². The van der Waals surface area contributed by atoms with Gasteiger partial charge >= 0.3 is 17.6 Å². The molecule has 0 saturated heterocycles. The van der Waals surface area contributed by atoms with Gasteiger partial charge in [-0.3, -0.25) is 0 Å². The first kappa shape index (κ1) is 22.4. The Labute approximate surface area is 142 Å². The van der Waals surface area contributed by atoms with Crippen LogP contribution >= 0.6 is 0 Å². The van der Waals surface area contributed by atoms with Gasteiger partial charge in [0.1, 0.15) is 0 Å². The van der Waals surface area contributed by atoms with Gasteiger partial charge in [0.2, 0.25) is 0 Å². The molecule has 1 rings (SSSR count). The van der Waals surface area contributed by atoms with E-state index in [1.54, 1.807) is 42.7 Å². The Morgan fingerprint density at radius 2 is 1.17 bits per heavy atom. The van der Waals surface area contributed by atoms with Crippen molar-refractivity contribution in [1.82, 2.24) is 0 Å². The Kier molecular flexibility index (Phi) is 10.8. The van der Waals surface area contributed by atoms with E-state index in [1.807, 2.05) is 38.1 Å². The molecule has 0 unspecified atom stereocenters. The molecular formula is C15H30O6Si2. The summed E-state index contributed by atoms with van der Waals surface area (Å²) in [5.41, 5.74) is 1.13. The van der Waals surface area contributed by atoms with Crippen molar-refractivity contribution >= 4 is 22.8 Å². The summed E-state index contributed by atoms with van der Waals surface area (Å²) in [4.78, 5) is 0. The molecule has 0 heterocycles. The molecule has 0 aliphatic carbocycles. The molecule has 0 saturated carbocycles. The maximum atomic E-state index is 5.40. The van der Waals surface area contributed by atoms with Gasteiger partial charge in [0, 0.05) is 53.9 Å². The molecule has 1 aromatic carbocycles. The molecule has 0 amide bonds. The molecule has 0 aromatic heterocycles. The Morgan fingerprint density at radius 1 is 0.739 bits per heavy atom. The molecular weight excluding hydrogens is 332 g/mol. The van der Waals surface area contributed by atoms with Crippen molar-refractivity contribution in [2.75, 3.05) is 42.7 Å². The first-order valence-electron chi connectivity index (χ1n) is 7.31. The minimum atomic E-state index is -2.64. The van der Waals surface area contributed by atoms with Gasteiger partial charge in [0.25, 0.3) is 0 Å². The van der Waals surface area contributed by atoms with Gasteiger partial charge in [-0.15, -0.1) is 0 Å². The van der Waals surface area contributed by atoms with E-state index in [0.29, 0.717) is 0 Å². The Hall–Kier alpha value is -0.586. The average molecular weight is 363 g/mol. The molecule has 0 spiro atoms. The largest absolute Gasteiger partial charge is 0.536 e. The van der Waals surface area contributed by atoms with Crippen molar-refractivity contribution < 1.29 is 26.6 Å². The Morgan fingerprint density at radius 3 is 1.43 bits per heavy atom. The number of hydrogen-bond donors (Lipinski definition) is 0. The lowest BCUT2D eigenvalue weighted by atomic mass is 10.2. The third-order valence-electron chi connectivity index (χ3n) is 3.65. The summed E-state index contributed by atoms with van der Waals surface area (Å²) in [5, 5.41) is 1.02. The van der Waals surface area contributed by atoms with Crippen molar-refractivity contribution in [3.05, 3.63) is 29.8 Å². The molecule has 0 aliphatic rings. The minimum absolute atomic E-state index is 0.816. The van der Waals surface area contributed by atoms with E-state index in [-0.39, 0.29) is 0 Å². The molecule has 0 radical (unpaired) electrons. The molecule has 0 N–H and O–H groups in total. The molecule has 0 fully saturated rings. The van der Waals surface area contributed by atoms with Crippen LogP contribution < -0.4 is 5.19 Å². The standard InChI is InChI=1S/C10H16O3Si.C5H14O3Si/c1-9-7-5-6-8-10(9)14(11-2,12-3)13-4;1-5-9(6-2,7-3)8-4/h5-8H,1-4H3;5H2,1-4H3. The third kappa shape index (κ3) is 5.77. The average Bonchev–Trinajstić information content (AvgIpc) is 2.61. The molecule has 1 aromatic rings. The highest BCUT2D eigenvalue weighted by molar-refractivity contribution is 6.75. The van der Waals surface area contributed by atoms with Gasteiger partial charge in [-0.05, 0) is 12.5 Å². The summed E-state index contributed by atoms with van der Waals surface area (Å²) in [5.74, 6) is 0. The van der Waals surface area contributed by atoms with Crippen LogP contribution in [0.3, 0.4) is 0 Å². The van der Waals surface area contributed by atoms with Crippen LogP contribution in [0, 0.1) is 6.92 Å². The monoisotopic (exact) mass is 362 g/mol. The van der Waals surface area contributed by atoms with Crippen LogP contribution in [-0.4, -0.2) is 60.3 Å². The van der Waals surface area contributed by atoms with Crippen LogP contribution in [-0.2, 0) is 26.6 Å². The quantitative estimate of drug-likeness (QED) is 0.659. The van der Waals surface area contributed by atoms with Crippen molar-refractivity contribution in [2.45, 2.75) is 19.9 Å². The van der Waals surface area contributed by atoms with Crippen LogP contribution in [0.2, 0.25) is 6.04 Å². The number of aryl methyl sites for hydroxylation is 1. The number of hydrogen-bond acceptors (Lipinski definition) is 6. The van der Waals surface area contributed by atoms with Crippen LogP contribution in [0.15, 0.2) is 24.3 Å². The predicted molar refractivity (Wildman–Crippen MR) is 94.9 cm³/mol. The summed E-state index contributed by atoms with van der Waals surface area (Å²) in [6.07, 6.45) is 0. The Balaban J connectivity index is 0.000000468. The van der Waals surface area contributed by atoms with Gasteiger partial charge < -0.3 is 26.6 Å². The predicted octanol–water partition coefficient (Wildman–Crippen LogP) is 1.96. The normalized spacial score (nSPS) is 11.8. The first-order valence-corrected chi connectivity index (χ1v) is 11.0. The zero-order valence-electron chi connectivity index (χ0n) is 15.5. The van der Waals surface area contributed by atoms with E-state index in [1.165, 1.54) is 0 Å². The molecule has 0 bridgehead atoms. The van der Waals surface area contributed by atoms with Gasteiger partial charge in [0.15, 0.2) is 0 Å². The van der Waals surface area contributed by atoms with Crippen LogP contribution in [0.1, 0.15) is 12.5 Å². The SMILES string of the molecule is CC[Si](OC)(OC)OC.CO[Si](OC)(OC)c1ccccc1C. The molecule has 6 nitrogen and oxygen atoms in total. The highest BCUT2D eigenvalue weighted by Gasteiger charge is 2.41. The summed E-state index contributed by atoms with van der Waals surface area (Å²) in [6.45, 7) is 4.01. The topological polar surface area (TPSA) is 55.4 Å². The summed E-state index contributed by atoms with van der Waals surface area (Å²) in [6, 6.07) is 8.77. The van der Waals surface area contributed by atoms with Crippen molar-refractivity contribution in [3.8, 4) is 0 Å². The smallest absolute Gasteiger partial charge is 0.377 e. The lowest BCUT2D eigenvalue weighted by Gasteiger charge is -2.25. The van der Waals surface area contributed by atoms with E-state index in [4.69, 9.17) is 26.6 Å². The maximum absolute atomic E-state index is 5.40. The Bertz CT molecular complexity index is 410. The zero-order chi connectivity index (χ0) is 17.9. The van der Waals surface area contributed by atoms with Crippen molar-refractivity contribution in [1.29, 1.82) is 0 Å². The fourth-order valence-electron chi connectivity index (χ4n) is 2.18. The molecule has 23 heavy (non-hydrogen) atoms. The lowest BCUT2D eigenvalue weighted by molar-refractivity contribution is 0.125. The summed E-state index contributed by atoms with van der Waals surface area (Å²) in [7, 11) is 4.86. The van der Waals surface area contributed by atoms with Gasteiger partial charge in [0.05, 0.1) is 0 Å². The second-order valence-electron chi connectivity index (χ2n) is 4.63. The second-order valence-corrected chi connectivity index (χ2v) is 10.8. The lowest BCUT2D eigenvalue weighted by Crippen LogP contribution is -2.55. The van der Waals surface area contributed by atoms with Crippen LogP contribution in [0.4, 0.5) is 0 Å². The highest BCUT2D eigenvalue weighted by Crippen LogP contribution is 2.10. The third-order valence-corrected chi connectivity index (χ3v) is 9.21. The van der Waals surface area contributed by atoms with Gasteiger partial charge in [-0.1, -0.05) is 31.2 Å². The minimum Gasteiger partial charge on any atom is -0.377 e. The highest BCUT2D eigenvalue weighted by atomic mass is 28.4. The molecule has 134 valence electrons. The van der Waals surface area contributed by atoms with E-state index in [9.17, 15) is 0 Å². The summed E-state index contributed by atoms with van der Waals surface area (Å²) >= 11 is 0. The van der Waals surface area contributed by atoms with E-state index in [0.717, 1.165) is 16.8 Å². The summed E-state index contributed by atoms with van der Waals surface area (Å²) < 4.78 is 31.4. The van der Waals surface area contributed by atoms with Crippen LogP contribution in [0.5, 0.6) is 0 Å². The van der Waals surface area contributed by atoms with Crippen molar-refractivity contribution in [3.63, 3.8) is 0 Å². The first-order chi connectivity index (χ1) is 10.9. The van der Waals surface area contributed by atoms with E-state index in [2.05, 4.69) is 0 Å². The fraction of sp³-hybridized carbons (Fsp3) is 0.600. The fourth-order valence-corrected chi connectivity index (χ4v) is 5.57. The maximum Gasteiger partial charge on any atom is 0.536 e. The molecule has 0 atom stereocenters. The molecule has 8 heteroatoms.